The Balaban J connectivity index is 1.30. The number of nitrogens with zero attached hydrogens (tertiary/aromatic N) is 1. The van der Waals surface area contributed by atoms with Crippen LogP contribution in [-0.4, -0.2) is 70.9 Å². The van der Waals surface area contributed by atoms with E-state index in [1.165, 1.54) is 6.42 Å². The molecule has 1 saturated heterocycles. The fraction of sp³-hybridized carbons (Fsp3) is 0.590. The molecule has 0 radical (unpaired) electrons. The van der Waals surface area contributed by atoms with Crippen LogP contribution >= 0.6 is 0 Å². The first-order valence-electron chi connectivity index (χ1n) is 18.0. The lowest BCUT2D eigenvalue weighted by Crippen LogP contribution is -2.54. The maximum atomic E-state index is 13.1. The Morgan fingerprint density at radius 2 is 1.57 bits per heavy atom. The third-order valence-electron chi connectivity index (χ3n) is 10.4. The third-order valence-corrected chi connectivity index (χ3v) is 10.4. The first kappa shape index (κ1) is 36.8. The smallest absolute Gasteiger partial charge is 0.253 e. The molecule has 5 rings (SSSR count). The molecule has 2 fully saturated rings. The number of methoxy groups -OCH3 is 3. The molecule has 0 aromatic heterocycles. The highest BCUT2D eigenvalue weighted by Gasteiger charge is 2.37. The molecular weight excluding hydrogens is 622 g/mol. The molecule has 1 saturated carbocycles. The van der Waals surface area contributed by atoms with Crippen molar-refractivity contribution in [2.24, 2.45) is 11.8 Å². The van der Waals surface area contributed by atoms with E-state index in [9.17, 15) is 14.7 Å². The molecule has 1 aliphatic heterocycles. The molecule has 0 amide bonds. The highest BCUT2D eigenvalue weighted by Crippen LogP contribution is 2.36. The number of ether oxygens (including phenoxy) is 4. The fourth-order valence-corrected chi connectivity index (χ4v) is 7.72. The summed E-state index contributed by atoms with van der Waals surface area (Å²) in [6.45, 7) is 4.93. The SMILES string of the molecule is COCCCOC(c1ccccc1)C1CCCN(c2c(N[C@@H](C)[C@@H](O)C(NCc3cc(OC)cc(OC)c3)C3CCCCC3)c(=O)c2=O)C1. The van der Waals surface area contributed by atoms with Gasteiger partial charge in [0.05, 0.1) is 32.5 Å². The van der Waals surface area contributed by atoms with Crippen LogP contribution in [0, 0.1) is 11.8 Å². The number of aliphatic hydroxyl groups excluding tert-OH is 1. The lowest BCUT2D eigenvalue weighted by Gasteiger charge is -2.40. The zero-order valence-corrected chi connectivity index (χ0v) is 29.6. The number of rotatable bonds is 18. The summed E-state index contributed by atoms with van der Waals surface area (Å²) in [6.07, 6.45) is 7.22. The van der Waals surface area contributed by atoms with Gasteiger partial charge in [-0.2, -0.15) is 0 Å². The van der Waals surface area contributed by atoms with Gasteiger partial charge in [0, 0.05) is 58.0 Å². The van der Waals surface area contributed by atoms with Gasteiger partial charge in [-0.15, -0.1) is 0 Å². The monoisotopic (exact) mass is 677 g/mol. The Morgan fingerprint density at radius 3 is 2.24 bits per heavy atom. The minimum Gasteiger partial charge on any atom is -0.497 e. The number of aliphatic hydroxyl groups is 1. The Labute approximate surface area is 290 Å². The predicted octanol–water partition coefficient (Wildman–Crippen LogP) is 5.21. The second-order valence-electron chi connectivity index (χ2n) is 13.7. The van der Waals surface area contributed by atoms with Gasteiger partial charge in [0.15, 0.2) is 0 Å². The Hall–Kier alpha value is -3.44. The van der Waals surface area contributed by atoms with Crippen LogP contribution in [0.3, 0.4) is 0 Å². The second-order valence-corrected chi connectivity index (χ2v) is 13.7. The number of nitrogens with one attached hydrogen (secondary N) is 2. The van der Waals surface area contributed by atoms with Crippen molar-refractivity contribution in [2.75, 3.05) is 57.8 Å². The van der Waals surface area contributed by atoms with E-state index in [0.717, 1.165) is 56.1 Å². The molecule has 49 heavy (non-hydrogen) atoms. The van der Waals surface area contributed by atoms with Crippen molar-refractivity contribution in [3.8, 4) is 11.5 Å². The van der Waals surface area contributed by atoms with Gasteiger partial charge in [-0.25, -0.2) is 0 Å². The number of hydrogen-bond donors (Lipinski definition) is 3. The number of hydrogen-bond acceptors (Lipinski definition) is 10. The van der Waals surface area contributed by atoms with Gasteiger partial charge < -0.3 is 39.6 Å². The maximum absolute atomic E-state index is 13.1. The molecule has 3 unspecified atom stereocenters. The highest BCUT2D eigenvalue weighted by atomic mass is 16.5. The molecule has 1 aliphatic carbocycles. The summed E-state index contributed by atoms with van der Waals surface area (Å²) in [7, 11) is 4.96. The fourth-order valence-electron chi connectivity index (χ4n) is 7.72. The van der Waals surface area contributed by atoms with Crippen molar-refractivity contribution >= 4 is 11.4 Å². The molecule has 10 heteroatoms. The minimum absolute atomic E-state index is 0.128. The molecule has 0 spiro atoms. The quantitative estimate of drug-likeness (QED) is 0.122. The van der Waals surface area contributed by atoms with E-state index >= 15 is 0 Å². The summed E-state index contributed by atoms with van der Waals surface area (Å²) in [5, 5.41) is 18.8. The summed E-state index contributed by atoms with van der Waals surface area (Å²) in [5.74, 6) is 1.85. The third kappa shape index (κ3) is 9.22. The van der Waals surface area contributed by atoms with Crippen LogP contribution in [0.2, 0.25) is 0 Å². The molecule has 5 atom stereocenters. The van der Waals surface area contributed by atoms with E-state index in [1.54, 1.807) is 21.3 Å². The van der Waals surface area contributed by atoms with E-state index in [0.29, 0.717) is 55.7 Å². The standard InChI is InChI=1S/C39H55N3O7/c1-26(36(43)33(28-13-7-5-8-14-28)40-24-27-21-31(47-3)23-32(22-27)48-4)41-34-35(38(45)37(34)44)42-18-11-17-30(25-42)39(49-20-12-19-46-2)29-15-9-6-10-16-29/h6,9-10,15-16,21-23,26,28,30,33,36,39-41,43H,5,7-8,11-14,17-20,24-25H2,1-4H3/t26-,30?,33?,36+,39?/m0/s1. The molecular formula is C39H55N3O7. The first-order chi connectivity index (χ1) is 23.8. The van der Waals surface area contributed by atoms with Crippen molar-refractivity contribution in [1.82, 2.24) is 5.32 Å². The maximum Gasteiger partial charge on any atom is 0.253 e. The number of benzene rings is 2. The van der Waals surface area contributed by atoms with Crippen molar-refractivity contribution in [1.29, 1.82) is 0 Å². The van der Waals surface area contributed by atoms with Crippen molar-refractivity contribution in [2.45, 2.75) is 89.1 Å². The van der Waals surface area contributed by atoms with E-state index in [2.05, 4.69) is 27.7 Å². The van der Waals surface area contributed by atoms with Crippen LogP contribution in [0.1, 0.15) is 75.5 Å². The van der Waals surface area contributed by atoms with Gasteiger partial charge in [0.25, 0.3) is 10.9 Å². The van der Waals surface area contributed by atoms with Gasteiger partial charge >= 0.3 is 0 Å². The summed E-state index contributed by atoms with van der Waals surface area (Å²) >= 11 is 0. The molecule has 1 heterocycles. The van der Waals surface area contributed by atoms with Gasteiger partial charge in [-0.3, -0.25) is 9.59 Å². The normalized spacial score (nSPS) is 19.7. The summed E-state index contributed by atoms with van der Waals surface area (Å²) in [4.78, 5) is 28.2. The lowest BCUT2D eigenvalue weighted by atomic mass is 9.80. The Morgan fingerprint density at radius 1 is 0.878 bits per heavy atom. The van der Waals surface area contributed by atoms with Crippen LogP contribution in [-0.2, 0) is 16.0 Å². The summed E-state index contributed by atoms with van der Waals surface area (Å²) in [5.41, 5.74) is 1.87. The topological polar surface area (TPSA) is 119 Å². The van der Waals surface area contributed by atoms with Crippen molar-refractivity contribution in [3.05, 3.63) is 80.1 Å². The van der Waals surface area contributed by atoms with Gasteiger partial charge in [-0.1, -0.05) is 49.6 Å². The van der Waals surface area contributed by atoms with Crippen LogP contribution in [0.5, 0.6) is 11.5 Å². The highest BCUT2D eigenvalue weighted by molar-refractivity contribution is 5.75. The molecule has 2 aliphatic rings. The molecule has 10 nitrogen and oxygen atoms in total. The molecule has 3 aromatic rings. The average molecular weight is 678 g/mol. The minimum atomic E-state index is -0.801. The molecule has 3 N–H and O–H groups in total. The summed E-state index contributed by atoms with van der Waals surface area (Å²) in [6, 6.07) is 15.3. The number of anilines is 2. The van der Waals surface area contributed by atoms with Crippen molar-refractivity contribution < 1.29 is 24.1 Å². The van der Waals surface area contributed by atoms with Gasteiger partial charge in [-0.05, 0) is 68.2 Å². The Bertz CT molecular complexity index is 1500. The van der Waals surface area contributed by atoms with Crippen LogP contribution < -0.4 is 35.9 Å². The Kier molecular flexibility index (Phi) is 13.5. The van der Waals surface area contributed by atoms with E-state index in [4.69, 9.17) is 18.9 Å². The van der Waals surface area contributed by atoms with Gasteiger partial charge in [0.1, 0.15) is 22.9 Å². The van der Waals surface area contributed by atoms with E-state index < -0.39 is 23.0 Å². The second kappa shape index (κ2) is 18.0. The van der Waals surface area contributed by atoms with E-state index in [1.807, 2.05) is 43.3 Å². The molecule has 0 bridgehead atoms. The lowest BCUT2D eigenvalue weighted by molar-refractivity contribution is -0.00235. The van der Waals surface area contributed by atoms with Crippen LogP contribution in [0.25, 0.3) is 0 Å². The zero-order chi connectivity index (χ0) is 34.8. The van der Waals surface area contributed by atoms with Gasteiger partial charge in [0.2, 0.25) is 0 Å². The first-order valence-corrected chi connectivity index (χ1v) is 18.0. The van der Waals surface area contributed by atoms with Crippen molar-refractivity contribution in [3.63, 3.8) is 0 Å². The van der Waals surface area contributed by atoms with Crippen LogP contribution in [0.4, 0.5) is 11.4 Å². The molecule has 268 valence electrons. The average Bonchev–Trinajstić information content (AvgIpc) is 3.15. The largest absolute Gasteiger partial charge is 0.497 e. The summed E-state index contributed by atoms with van der Waals surface area (Å²) < 4.78 is 22.6. The molecule has 3 aromatic carbocycles. The number of piperidine rings is 1. The van der Waals surface area contributed by atoms with Crippen LogP contribution in [0.15, 0.2) is 58.1 Å². The zero-order valence-electron chi connectivity index (χ0n) is 29.6. The van der Waals surface area contributed by atoms with E-state index in [-0.39, 0.29) is 24.0 Å². The predicted molar refractivity (Wildman–Crippen MR) is 194 cm³/mol.